The molecule has 20 heavy (non-hydrogen) atoms. The molecule has 1 unspecified atom stereocenters. The largest absolute Gasteiger partial charge is 0.460 e. The van der Waals surface area contributed by atoms with Crippen molar-refractivity contribution < 1.29 is 4.74 Å². The van der Waals surface area contributed by atoms with E-state index in [0.717, 1.165) is 6.42 Å². The van der Waals surface area contributed by atoms with E-state index in [2.05, 4.69) is 39.2 Å². The zero-order valence-corrected chi connectivity index (χ0v) is 12.2. The van der Waals surface area contributed by atoms with Gasteiger partial charge in [-0.25, -0.2) is 4.68 Å². The van der Waals surface area contributed by atoms with Gasteiger partial charge in [-0.05, 0) is 25.3 Å². The van der Waals surface area contributed by atoms with E-state index in [1.807, 2.05) is 13.0 Å². The highest BCUT2D eigenvalue weighted by Gasteiger charge is 2.12. The maximum atomic E-state index is 5.76. The summed E-state index contributed by atoms with van der Waals surface area (Å²) in [5.74, 6) is 1.44. The third kappa shape index (κ3) is 3.66. The van der Waals surface area contributed by atoms with Gasteiger partial charge >= 0.3 is 6.01 Å². The van der Waals surface area contributed by atoms with E-state index < -0.39 is 0 Å². The number of rotatable bonds is 6. The Hall–Kier alpha value is -2.18. The third-order valence-corrected chi connectivity index (χ3v) is 2.65. The van der Waals surface area contributed by atoms with Crippen molar-refractivity contribution in [3.8, 4) is 12.0 Å². The van der Waals surface area contributed by atoms with Crippen molar-refractivity contribution in [3.63, 3.8) is 0 Å². The van der Waals surface area contributed by atoms with E-state index >= 15 is 0 Å². The van der Waals surface area contributed by atoms with Crippen molar-refractivity contribution >= 4 is 5.95 Å². The van der Waals surface area contributed by atoms with Crippen LogP contribution in [0.15, 0.2) is 18.5 Å². The molecular weight excluding hydrogens is 256 g/mol. The van der Waals surface area contributed by atoms with Gasteiger partial charge in [0.25, 0.3) is 5.95 Å². The summed E-state index contributed by atoms with van der Waals surface area (Å²) in [6, 6.07) is 2.12. The van der Waals surface area contributed by atoms with E-state index in [-0.39, 0.29) is 6.10 Å². The Morgan fingerprint density at radius 2 is 2.05 bits per heavy atom. The molecule has 0 saturated carbocycles. The summed E-state index contributed by atoms with van der Waals surface area (Å²) in [5.41, 5.74) is 0. The van der Waals surface area contributed by atoms with Crippen LogP contribution < -0.4 is 10.1 Å². The fourth-order valence-corrected chi connectivity index (χ4v) is 1.89. The van der Waals surface area contributed by atoms with Crippen LogP contribution in [-0.2, 0) is 0 Å². The monoisotopic (exact) mass is 276 g/mol. The van der Waals surface area contributed by atoms with Gasteiger partial charge in [-0.2, -0.15) is 20.1 Å². The second-order valence-corrected chi connectivity index (χ2v) is 5.00. The average molecular weight is 276 g/mol. The van der Waals surface area contributed by atoms with Gasteiger partial charge in [-0.3, -0.25) is 0 Å². The molecule has 0 radical (unpaired) electrons. The molecule has 0 aliphatic heterocycles. The molecule has 7 nitrogen and oxygen atoms in total. The lowest BCUT2D eigenvalue weighted by atomic mass is 10.1. The first-order chi connectivity index (χ1) is 9.58. The normalized spacial score (nSPS) is 12.4. The second-order valence-electron chi connectivity index (χ2n) is 5.00. The first-order valence-electron chi connectivity index (χ1n) is 6.69. The number of nitrogens with one attached hydrogen (secondary N) is 1. The third-order valence-electron chi connectivity index (χ3n) is 2.65. The summed E-state index contributed by atoms with van der Waals surface area (Å²) in [5, 5.41) is 7.01. The zero-order chi connectivity index (χ0) is 14.5. The van der Waals surface area contributed by atoms with E-state index in [9.17, 15) is 0 Å². The summed E-state index contributed by atoms with van der Waals surface area (Å²) >= 11 is 0. The quantitative estimate of drug-likeness (QED) is 0.868. The predicted octanol–water partition coefficient (Wildman–Crippen LogP) is 1.91. The number of ether oxygens (including phenoxy) is 1. The number of hydrogen-bond acceptors (Lipinski definition) is 6. The van der Waals surface area contributed by atoms with Crippen LogP contribution in [0.1, 0.15) is 27.2 Å². The Labute approximate surface area is 118 Å². The molecule has 2 heterocycles. The second kappa shape index (κ2) is 6.31. The molecule has 0 spiro atoms. The van der Waals surface area contributed by atoms with Gasteiger partial charge in [-0.15, -0.1) is 0 Å². The fourth-order valence-electron chi connectivity index (χ4n) is 1.89. The number of anilines is 1. The van der Waals surface area contributed by atoms with E-state index in [1.165, 1.54) is 0 Å². The van der Waals surface area contributed by atoms with Gasteiger partial charge in [0.05, 0.1) is 6.10 Å². The van der Waals surface area contributed by atoms with Gasteiger partial charge in [0.1, 0.15) is 0 Å². The molecule has 2 aromatic rings. The van der Waals surface area contributed by atoms with Crippen LogP contribution in [-0.4, -0.2) is 37.9 Å². The molecule has 0 bridgehead atoms. The smallest absolute Gasteiger partial charge is 0.323 e. The lowest BCUT2D eigenvalue weighted by Gasteiger charge is -2.15. The van der Waals surface area contributed by atoms with Gasteiger partial charge < -0.3 is 10.1 Å². The minimum absolute atomic E-state index is 0.0487. The topological polar surface area (TPSA) is 77.8 Å². The summed E-state index contributed by atoms with van der Waals surface area (Å²) in [7, 11) is 1.75. The molecule has 0 aromatic carbocycles. The summed E-state index contributed by atoms with van der Waals surface area (Å²) in [4.78, 5) is 12.7. The van der Waals surface area contributed by atoms with E-state index in [4.69, 9.17) is 4.74 Å². The summed E-state index contributed by atoms with van der Waals surface area (Å²) < 4.78 is 7.33. The maximum Gasteiger partial charge on any atom is 0.323 e. The lowest BCUT2D eigenvalue weighted by molar-refractivity contribution is 0.177. The van der Waals surface area contributed by atoms with Gasteiger partial charge in [0.2, 0.25) is 5.95 Å². The number of hydrogen-bond donors (Lipinski definition) is 1. The SMILES string of the molecule is CNc1nc(OC(C)CC(C)C)nc(-n2cccn2)n1. The Morgan fingerprint density at radius 3 is 2.65 bits per heavy atom. The Kier molecular flexibility index (Phi) is 4.49. The molecule has 7 heteroatoms. The van der Waals surface area contributed by atoms with Crippen LogP contribution in [0.3, 0.4) is 0 Å². The molecule has 1 atom stereocenters. The molecular formula is C13H20N6O. The van der Waals surface area contributed by atoms with E-state index in [1.54, 1.807) is 24.1 Å². The van der Waals surface area contributed by atoms with Crippen LogP contribution in [0.4, 0.5) is 5.95 Å². The highest BCUT2D eigenvalue weighted by Crippen LogP contribution is 2.14. The maximum absolute atomic E-state index is 5.76. The summed E-state index contributed by atoms with van der Waals surface area (Å²) in [6.07, 6.45) is 4.44. The average Bonchev–Trinajstić information content (AvgIpc) is 2.91. The van der Waals surface area contributed by atoms with Crippen molar-refractivity contribution in [2.45, 2.75) is 33.3 Å². The highest BCUT2D eigenvalue weighted by atomic mass is 16.5. The van der Waals surface area contributed by atoms with Crippen LogP contribution in [0.2, 0.25) is 0 Å². The van der Waals surface area contributed by atoms with Crippen molar-refractivity contribution in [2.24, 2.45) is 5.92 Å². The Bertz CT molecular complexity index is 540. The first-order valence-corrected chi connectivity index (χ1v) is 6.69. The minimum Gasteiger partial charge on any atom is -0.460 e. The Balaban J connectivity index is 2.22. The molecule has 0 amide bonds. The van der Waals surface area contributed by atoms with E-state index in [0.29, 0.717) is 23.8 Å². The van der Waals surface area contributed by atoms with Crippen LogP contribution in [0, 0.1) is 5.92 Å². The molecule has 108 valence electrons. The number of aromatic nitrogens is 5. The molecule has 0 saturated heterocycles. The van der Waals surface area contributed by atoms with Crippen molar-refractivity contribution in [1.29, 1.82) is 0 Å². The lowest BCUT2D eigenvalue weighted by Crippen LogP contribution is -2.17. The Morgan fingerprint density at radius 1 is 1.25 bits per heavy atom. The predicted molar refractivity (Wildman–Crippen MR) is 76.0 cm³/mol. The molecule has 0 aliphatic rings. The van der Waals surface area contributed by atoms with Gasteiger partial charge in [0.15, 0.2) is 0 Å². The number of nitrogens with zero attached hydrogens (tertiary/aromatic N) is 5. The highest BCUT2D eigenvalue weighted by molar-refractivity contribution is 5.29. The molecule has 0 fully saturated rings. The van der Waals surface area contributed by atoms with Crippen LogP contribution in [0.25, 0.3) is 5.95 Å². The summed E-state index contributed by atoms with van der Waals surface area (Å²) in [6.45, 7) is 6.32. The molecule has 2 rings (SSSR count). The molecule has 2 aromatic heterocycles. The minimum atomic E-state index is 0.0487. The zero-order valence-electron chi connectivity index (χ0n) is 12.2. The van der Waals surface area contributed by atoms with Crippen molar-refractivity contribution in [3.05, 3.63) is 18.5 Å². The standard InChI is InChI=1S/C13H20N6O/c1-9(2)8-10(3)20-13-17-11(14-4)16-12(18-13)19-7-5-6-15-19/h5-7,9-10H,8H2,1-4H3,(H,14,16,17,18). The first kappa shape index (κ1) is 14.2. The molecule has 1 N–H and O–H groups in total. The van der Waals surface area contributed by atoms with Crippen LogP contribution in [0.5, 0.6) is 6.01 Å². The van der Waals surface area contributed by atoms with Gasteiger partial charge in [0, 0.05) is 19.4 Å². The van der Waals surface area contributed by atoms with Crippen molar-refractivity contribution in [1.82, 2.24) is 24.7 Å². The fraction of sp³-hybridized carbons (Fsp3) is 0.538. The van der Waals surface area contributed by atoms with Crippen LogP contribution >= 0.6 is 0 Å². The van der Waals surface area contributed by atoms with Crippen molar-refractivity contribution in [2.75, 3.05) is 12.4 Å². The molecule has 0 aliphatic carbocycles. The van der Waals surface area contributed by atoms with Gasteiger partial charge in [-0.1, -0.05) is 13.8 Å².